The van der Waals surface area contributed by atoms with Gasteiger partial charge in [-0.05, 0) is 37.1 Å². The summed E-state index contributed by atoms with van der Waals surface area (Å²) >= 11 is 0. The van der Waals surface area contributed by atoms with Gasteiger partial charge < -0.3 is 0 Å². The fraction of sp³-hybridized carbons (Fsp3) is 0.190. The molecule has 0 aliphatic heterocycles. The SMILES string of the molecule is O=C1CCC/C(=N\NC(=O)c2cc(-c3ccncc3)nc3ccccc23)C1. The van der Waals surface area contributed by atoms with Crippen molar-refractivity contribution in [3.05, 3.63) is 60.4 Å². The smallest absolute Gasteiger partial charge is 0.272 e. The fourth-order valence-corrected chi connectivity index (χ4v) is 3.21. The Morgan fingerprint density at radius 3 is 2.70 bits per heavy atom. The first-order valence-electron chi connectivity index (χ1n) is 8.88. The van der Waals surface area contributed by atoms with Crippen LogP contribution in [0.2, 0.25) is 0 Å². The average Bonchev–Trinajstić information content (AvgIpc) is 2.72. The van der Waals surface area contributed by atoms with Crippen LogP contribution in [-0.2, 0) is 4.79 Å². The molecule has 6 heteroatoms. The highest BCUT2D eigenvalue weighted by Gasteiger charge is 2.17. The van der Waals surface area contributed by atoms with Crippen molar-refractivity contribution in [2.24, 2.45) is 5.10 Å². The Labute approximate surface area is 156 Å². The summed E-state index contributed by atoms with van der Waals surface area (Å²) in [5.74, 6) is -0.141. The zero-order chi connectivity index (χ0) is 18.6. The molecule has 2 heterocycles. The highest BCUT2D eigenvalue weighted by atomic mass is 16.2. The third kappa shape index (κ3) is 3.74. The van der Waals surface area contributed by atoms with Gasteiger partial charge in [-0.15, -0.1) is 0 Å². The number of rotatable bonds is 3. The van der Waals surface area contributed by atoms with E-state index in [-0.39, 0.29) is 11.7 Å². The standard InChI is InChI=1S/C21H18N4O2/c26-16-5-3-4-15(12-16)24-25-21(27)18-13-20(14-8-10-22-11-9-14)23-19-7-2-1-6-17(18)19/h1-2,6-11,13H,3-5,12H2,(H,25,27)/b24-15+. The molecule has 2 aromatic heterocycles. The van der Waals surface area contributed by atoms with Gasteiger partial charge in [0.25, 0.3) is 5.91 Å². The number of aromatic nitrogens is 2. The van der Waals surface area contributed by atoms with Crippen LogP contribution in [0.1, 0.15) is 36.0 Å². The van der Waals surface area contributed by atoms with Gasteiger partial charge in [-0.2, -0.15) is 5.10 Å². The summed E-state index contributed by atoms with van der Waals surface area (Å²) in [5, 5.41) is 4.94. The van der Waals surface area contributed by atoms with Gasteiger partial charge in [0.1, 0.15) is 5.78 Å². The van der Waals surface area contributed by atoms with Crippen LogP contribution in [0, 0.1) is 0 Å². The Morgan fingerprint density at radius 2 is 1.89 bits per heavy atom. The minimum Gasteiger partial charge on any atom is -0.299 e. The number of fused-ring (bicyclic) bond motifs is 1. The van der Waals surface area contributed by atoms with Gasteiger partial charge in [0.2, 0.25) is 0 Å². The van der Waals surface area contributed by atoms with Crippen LogP contribution in [0.4, 0.5) is 0 Å². The maximum absolute atomic E-state index is 12.8. The summed E-state index contributed by atoms with van der Waals surface area (Å²) in [5.41, 5.74) is 6.16. The maximum Gasteiger partial charge on any atom is 0.272 e. The molecule has 27 heavy (non-hydrogen) atoms. The summed E-state index contributed by atoms with van der Waals surface area (Å²) in [4.78, 5) is 33.1. The van der Waals surface area contributed by atoms with E-state index in [4.69, 9.17) is 0 Å². The van der Waals surface area contributed by atoms with Gasteiger partial charge in [-0.1, -0.05) is 18.2 Å². The van der Waals surface area contributed by atoms with Gasteiger partial charge >= 0.3 is 0 Å². The van der Waals surface area contributed by atoms with E-state index in [2.05, 4.69) is 20.5 Å². The van der Waals surface area contributed by atoms with Gasteiger partial charge in [0, 0.05) is 41.9 Å². The van der Waals surface area contributed by atoms with Crippen LogP contribution in [0.15, 0.2) is 60.0 Å². The van der Waals surface area contributed by atoms with Gasteiger partial charge in [0.05, 0.1) is 16.8 Å². The fourth-order valence-electron chi connectivity index (χ4n) is 3.21. The lowest BCUT2D eigenvalue weighted by Gasteiger charge is -2.12. The normalized spacial score (nSPS) is 15.9. The number of carbonyl (C=O) groups excluding carboxylic acids is 2. The number of carbonyl (C=O) groups is 2. The second kappa shape index (κ2) is 7.45. The molecule has 1 aliphatic carbocycles. The van der Waals surface area contributed by atoms with Crippen LogP contribution < -0.4 is 5.43 Å². The Hall–Kier alpha value is -3.41. The highest BCUT2D eigenvalue weighted by Crippen LogP contribution is 2.24. The molecule has 0 atom stereocenters. The zero-order valence-corrected chi connectivity index (χ0v) is 14.7. The predicted molar refractivity (Wildman–Crippen MR) is 103 cm³/mol. The molecule has 1 fully saturated rings. The molecule has 3 aromatic rings. The van der Waals surface area contributed by atoms with Gasteiger partial charge in [0.15, 0.2) is 0 Å². The number of hydrazone groups is 1. The Morgan fingerprint density at radius 1 is 1.07 bits per heavy atom. The van der Waals surface area contributed by atoms with Crippen molar-refractivity contribution < 1.29 is 9.59 Å². The van der Waals surface area contributed by atoms with E-state index in [1.54, 1.807) is 18.5 Å². The first-order valence-corrected chi connectivity index (χ1v) is 8.88. The van der Waals surface area contributed by atoms with Crippen molar-refractivity contribution >= 4 is 28.3 Å². The molecule has 1 aliphatic rings. The van der Waals surface area contributed by atoms with Crippen molar-refractivity contribution in [1.29, 1.82) is 0 Å². The number of Topliss-reactive ketones (excluding diaryl/α,β-unsaturated/α-hetero) is 1. The second-order valence-corrected chi connectivity index (χ2v) is 6.50. The summed E-state index contributed by atoms with van der Waals surface area (Å²) in [6.07, 6.45) is 5.83. The van der Waals surface area contributed by atoms with Crippen LogP contribution in [-0.4, -0.2) is 27.4 Å². The summed E-state index contributed by atoms with van der Waals surface area (Å²) < 4.78 is 0. The van der Waals surface area contributed by atoms with E-state index in [9.17, 15) is 9.59 Å². The number of hydrogen-bond acceptors (Lipinski definition) is 5. The molecule has 0 saturated heterocycles. The molecule has 1 aromatic carbocycles. The molecule has 4 rings (SSSR count). The minimum absolute atomic E-state index is 0.170. The van der Waals surface area contributed by atoms with E-state index in [0.717, 1.165) is 35.0 Å². The van der Waals surface area contributed by atoms with E-state index in [0.29, 0.717) is 24.1 Å². The van der Waals surface area contributed by atoms with Crippen LogP contribution in [0.3, 0.4) is 0 Å². The van der Waals surface area contributed by atoms with E-state index in [1.165, 1.54) is 0 Å². The lowest BCUT2D eigenvalue weighted by atomic mass is 9.97. The lowest BCUT2D eigenvalue weighted by Crippen LogP contribution is -2.23. The number of hydrogen-bond donors (Lipinski definition) is 1. The Bertz CT molecular complexity index is 1040. The molecule has 1 amide bonds. The number of para-hydroxylation sites is 1. The van der Waals surface area contributed by atoms with Crippen molar-refractivity contribution in [2.75, 3.05) is 0 Å². The molecule has 0 unspecified atom stereocenters. The quantitative estimate of drug-likeness (QED) is 0.726. The van der Waals surface area contributed by atoms with Crippen molar-refractivity contribution in [3.63, 3.8) is 0 Å². The van der Waals surface area contributed by atoms with E-state index >= 15 is 0 Å². The summed E-state index contributed by atoms with van der Waals surface area (Å²) in [6.45, 7) is 0. The van der Waals surface area contributed by atoms with Crippen molar-refractivity contribution in [3.8, 4) is 11.3 Å². The Kier molecular flexibility index (Phi) is 4.70. The lowest BCUT2D eigenvalue weighted by molar-refractivity contribution is -0.118. The Balaban J connectivity index is 1.70. The van der Waals surface area contributed by atoms with Crippen LogP contribution in [0.25, 0.3) is 22.2 Å². The molecule has 0 spiro atoms. The largest absolute Gasteiger partial charge is 0.299 e. The third-order valence-corrected chi connectivity index (χ3v) is 4.57. The van der Waals surface area contributed by atoms with Gasteiger partial charge in [-0.3, -0.25) is 14.6 Å². The number of pyridine rings is 2. The van der Waals surface area contributed by atoms with Crippen molar-refractivity contribution in [2.45, 2.75) is 25.7 Å². The number of amides is 1. The first-order chi connectivity index (χ1) is 13.2. The minimum atomic E-state index is -0.311. The van der Waals surface area contributed by atoms with Crippen molar-refractivity contribution in [1.82, 2.24) is 15.4 Å². The van der Waals surface area contributed by atoms with Gasteiger partial charge in [-0.25, -0.2) is 10.4 Å². The van der Waals surface area contributed by atoms with E-state index < -0.39 is 0 Å². The molecule has 1 N–H and O–H groups in total. The summed E-state index contributed by atoms with van der Waals surface area (Å²) in [6, 6.07) is 13.0. The number of ketones is 1. The second-order valence-electron chi connectivity index (χ2n) is 6.50. The number of nitrogens with one attached hydrogen (secondary N) is 1. The first kappa shape index (κ1) is 17.0. The predicted octanol–water partition coefficient (Wildman–Crippen LogP) is 3.53. The molecule has 0 bridgehead atoms. The molecule has 6 nitrogen and oxygen atoms in total. The number of nitrogens with zero attached hydrogens (tertiary/aromatic N) is 3. The maximum atomic E-state index is 12.8. The molecular weight excluding hydrogens is 340 g/mol. The van der Waals surface area contributed by atoms with Crippen LogP contribution in [0.5, 0.6) is 0 Å². The molecule has 134 valence electrons. The molecular formula is C21H18N4O2. The third-order valence-electron chi connectivity index (χ3n) is 4.57. The number of benzene rings is 1. The topological polar surface area (TPSA) is 84.3 Å². The molecule has 0 radical (unpaired) electrons. The monoisotopic (exact) mass is 358 g/mol. The summed E-state index contributed by atoms with van der Waals surface area (Å²) in [7, 11) is 0. The molecule has 1 saturated carbocycles. The average molecular weight is 358 g/mol. The highest BCUT2D eigenvalue weighted by molar-refractivity contribution is 6.08. The van der Waals surface area contributed by atoms with E-state index in [1.807, 2.05) is 36.4 Å². The van der Waals surface area contributed by atoms with Crippen LogP contribution >= 0.6 is 0 Å². The zero-order valence-electron chi connectivity index (χ0n) is 14.7.